The summed E-state index contributed by atoms with van der Waals surface area (Å²) >= 11 is 1.60. The van der Waals surface area contributed by atoms with Crippen LogP contribution in [0.15, 0.2) is 29.2 Å². The molecule has 1 heterocycles. The maximum atomic E-state index is 12.4. The maximum Gasteiger partial charge on any atom is 0.279 e. The highest BCUT2D eigenvalue weighted by molar-refractivity contribution is 7.98. The van der Waals surface area contributed by atoms with E-state index in [1.165, 1.54) is 6.42 Å². The zero-order valence-electron chi connectivity index (χ0n) is 14.8. The van der Waals surface area contributed by atoms with Gasteiger partial charge in [-0.25, -0.2) is 0 Å². The zero-order chi connectivity index (χ0) is 17.5. The molecule has 0 aromatic heterocycles. The number of thioether (sulfide) groups is 1. The lowest BCUT2D eigenvalue weighted by Gasteiger charge is -2.31. The molecule has 1 unspecified atom stereocenters. The molecule has 2 rings (SSSR count). The van der Waals surface area contributed by atoms with Crippen LogP contribution in [0.4, 0.5) is 5.69 Å². The van der Waals surface area contributed by atoms with E-state index in [2.05, 4.69) is 12.2 Å². The van der Waals surface area contributed by atoms with Crippen molar-refractivity contribution in [1.82, 2.24) is 4.90 Å². The number of piperidine rings is 1. The third kappa shape index (κ3) is 5.53. The van der Waals surface area contributed by atoms with Crippen LogP contribution in [0, 0.1) is 5.92 Å². The second kappa shape index (κ2) is 9.08. The fraction of sp³-hybridized carbons (Fsp3) is 0.556. The number of hydrogen-bond donors (Lipinski definition) is 2. The molecule has 24 heavy (non-hydrogen) atoms. The average Bonchev–Trinajstić information content (AvgIpc) is 2.55. The van der Waals surface area contributed by atoms with Crippen molar-refractivity contribution in [3.63, 3.8) is 0 Å². The molecule has 0 saturated carbocycles. The predicted molar refractivity (Wildman–Crippen MR) is 98.5 cm³/mol. The van der Waals surface area contributed by atoms with Crippen molar-refractivity contribution in [2.75, 3.05) is 44.8 Å². The van der Waals surface area contributed by atoms with Gasteiger partial charge in [0.05, 0.1) is 12.7 Å². The van der Waals surface area contributed by atoms with Gasteiger partial charge in [0, 0.05) is 18.0 Å². The number of hydrogen-bond acceptors (Lipinski definition) is 3. The molecule has 1 saturated heterocycles. The van der Waals surface area contributed by atoms with Crippen molar-refractivity contribution in [2.45, 2.75) is 24.7 Å². The van der Waals surface area contributed by atoms with E-state index < -0.39 is 0 Å². The van der Waals surface area contributed by atoms with E-state index in [1.54, 1.807) is 11.8 Å². The lowest BCUT2D eigenvalue weighted by Crippen LogP contribution is -3.11. The van der Waals surface area contributed by atoms with Gasteiger partial charge in [-0.3, -0.25) is 9.59 Å². The van der Waals surface area contributed by atoms with Crippen LogP contribution in [0.1, 0.15) is 19.8 Å². The lowest BCUT2D eigenvalue weighted by atomic mass is 10.0. The summed E-state index contributed by atoms with van der Waals surface area (Å²) in [6.45, 7) is 4.54. The van der Waals surface area contributed by atoms with E-state index in [1.807, 2.05) is 42.5 Å². The second-order valence-electron chi connectivity index (χ2n) is 6.65. The minimum Gasteiger partial charge on any atom is -0.338 e. The highest BCUT2D eigenvalue weighted by Gasteiger charge is 2.24. The molecule has 1 aliphatic rings. The Kier molecular flexibility index (Phi) is 7.12. The second-order valence-corrected chi connectivity index (χ2v) is 7.49. The highest BCUT2D eigenvalue weighted by Crippen LogP contribution is 2.24. The van der Waals surface area contributed by atoms with E-state index in [0.717, 1.165) is 35.0 Å². The number of likely N-dealkylation sites (tertiary alicyclic amines) is 1. The first-order valence-corrected chi connectivity index (χ1v) is 9.74. The largest absolute Gasteiger partial charge is 0.338 e. The van der Waals surface area contributed by atoms with Gasteiger partial charge in [-0.2, -0.15) is 0 Å². The van der Waals surface area contributed by atoms with E-state index in [0.29, 0.717) is 12.5 Å². The summed E-state index contributed by atoms with van der Waals surface area (Å²) in [5, 5.41) is 2.95. The molecule has 6 heteroatoms. The topological polar surface area (TPSA) is 53.9 Å². The van der Waals surface area contributed by atoms with Gasteiger partial charge in [0.2, 0.25) is 0 Å². The quantitative estimate of drug-likeness (QED) is 0.756. The third-order valence-corrected chi connectivity index (χ3v) is 5.10. The number of benzene rings is 1. The van der Waals surface area contributed by atoms with Crippen molar-refractivity contribution in [2.24, 2.45) is 5.92 Å². The van der Waals surface area contributed by atoms with Gasteiger partial charge in [0.15, 0.2) is 13.1 Å². The number of rotatable bonds is 6. The smallest absolute Gasteiger partial charge is 0.279 e. The Balaban J connectivity index is 1.82. The number of nitrogens with one attached hydrogen (secondary N) is 2. The average molecular weight is 351 g/mol. The molecule has 2 atom stereocenters. The predicted octanol–water partition coefficient (Wildman–Crippen LogP) is 1.12. The minimum absolute atomic E-state index is 0.0613. The lowest BCUT2D eigenvalue weighted by molar-refractivity contribution is -0.862. The number of carbonyl (C=O) groups excluding carboxylic acids is 2. The van der Waals surface area contributed by atoms with Gasteiger partial charge in [-0.05, 0) is 37.1 Å². The fourth-order valence-corrected chi connectivity index (χ4v) is 3.62. The summed E-state index contributed by atoms with van der Waals surface area (Å²) < 4.78 is 0. The summed E-state index contributed by atoms with van der Waals surface area (Å²) in [5.74, 6) is 0.666. The molecule has 1 aromatic rings. The summed E-state index contributed by atoms with van der Waals surface area (Å²) in [6, 6.07) is 7.75. The maximum absolute atomic E-state index is 12.4. The number of amides is 2. The molecule has 1 aromatic carbocycles. The third-order valence-electron chi connectivity index (χ3n) is 4.31. The van der Waals surface area contributed by atoms with Crippen LogP contribution in [-0.4, -0.2) is 56.2 Å². The van der Waals surface area contributed by atoms with Crippen LogP contribution in [0.25, 0.3) is 0 Å². The zero-order valence-corrected chi connectivity index (χ0v) is 15.6. The van der Waals surface area contributed by atoms with Crippen molar-refractivity contribution in [3.05, 3.63) is 24.3 Å². The molecular formula is C18H28N3O2S+. The van der Waals surface area contributed by atoms with Crippen LogP contribution in [0.2, 0.25) is 0 Å². The normalized spacial score (nSPS) is 19.0. The van der Waals surface area contributed by atoms with Crippen molar-refractivity contribution < 1.29 is 14.5 Å². The van der Waals surface area contributed by atoms with Gasteiger partial charge < -0.3 is 15.1 Å². The first kappa shape index (κ1) is 18.8. The van der Waals surface area contributed by atoms with Crippen molar-refractivity contribution >= 4 is 29.3 Å². The van der Waals surface area contributed by atoms with Gasteiger partial charge in [-0.15, -0.1) is 11.8 Å². The summed E-state index contributed by atoms with van der Waals surface area (Å²) in [6.07, 6.45) is 4.27. The van der Waals surface area contributed by atoms with Gasteiger partial charge in [0.25, 0.3) is 11.8 Å². The number of carbonyl (C=O) groups is 2. The summed E-state index contributed by atoms with van der Waals surface area (Å²) in [5.41, 5.74) is 0.832. The van der Waals surface area contributed by atoms with E-state index >= 15 is 0 Å². The Labute approximate surface area is 148 Å². The number of likely N-dealkylation sites (N-methyl/N-ethyl adjacent to an activating group) is 1. The van der Waals surface area contributed by atoms with Crippen LogP contribution < -0.4 is 10.2 Å². The molecule has 1 fully saturated rings. The highest BCUT2D eigenvalue weighted by atomic mass is 32.2. The monoisotopic (exact) mass is 350 g/mol. The number of quaternary nitrogens is 1. The van der Waals surface area contributed by atoms with Crippen LogP contribution in [-0.2, 0) is 9.59 Å². The Morgan fingerprint density at radius 3 is 2.79 bits per heavy atom. The Morgan fingerprint density at radius 2 is 2.08 bits per heavy atom. The molecule has 0 radical (unpaired) electrons. The molecule has 2 N–H and O–H groups in total. The fourth-order valence-electron chi connectivity index (χ4n) is 3.06. The van der Waals surface area contributed by atoms with E-state index in [-0.39, 0.29) is 18.4 Å². The standard InChI is InChI=1S/C18H27N3O2S/c1-14-7-6-10-21(11-14)18(23)13-20(2)12-17(22)19-15-8-4-5-9-16(15)24-3/h4-5,8-9,14H,6-7,10-13H2,1-3H3,(H,19,22)/p+1/t14-/m1/s1. The molecule has 0 aliphatic carbocycles. The molecule has 0 spiro atoms. The SMILES string of the molecule is CSc1ccccc1NC(=O)C[NH+](C)CC(=O)N1CCC[C@@H](C)C1. The minimum atomic E-state index is -0.0613. The van der Waals surface area contributed by atoms with Gasteiger partial charge in [0.1, 0.15) is 0 Å². The molecule has 2 amide bonds. The van der Waals surface area contributed by atoms with Gasteiger partial charge in [-0.1, -0.05) is 19.1 Å². The van der Waals surface area contributed by atoms with Crippen LogP contribution in [0.3, 0.4) is 0 Å². The molecule has 1 aliphatic heterocycles. The van der Waals surface area contributed by atoms with Crippen LogP contribution in [0.5, 0.6) is 0 Å². The van der Waals surface area contributed by atoms with Crippen molar-refractivity contribution in [1.29, 1.82) is 0 Å². The molecule has 132 valence electrons. The van der Waals surface area contributed by atoms with Gasteiger partial charge >= 0.3 is 0 Å². The Morgan fingerprint density at radius 1 is 1.33 bits per heavy atom. The van der Waals surface area contributed by atoms with E-state index in [4.69, 9.17) is 0 Å². The first-order chi connectivity index (χ1) is 11.5. The Hall–Kier alpha value is -1.53. The summed E-state index contributed by atoms with van der Waals surface area (Å²) in [7, 11) is 1.89. The number of anilines is 1. The van der Waals surface area contributed by atoms with Crippen LogP contribution >= 0.6 is 11.8 Å². The molecule has 0 bridgehead atoms. The number of nitrogens with zero attached hydrogens (tertiary/aromatic N) is 1. The first-order valence-electron chi connectivity index (χ1n) is 8.51. The Bertz CT molecular complexity index is 579. The van der Waals surface area contributed by atoms with Crippen molar-refractivity contribution in [3.8, 4) is 0 Å². The number of para-hydroxylation sites is 1. The molecular weight excluding hydrogens is 322 g/mol. The summed E-state index contributed by atoms with van der Waals surface area (Å²) in [4.78, 5) is 28.5. The van der Waals surface area contributed by atoms with E-state index in [9.17, 15) is 9.59 Å². The molecule has 5 nitrogen and oxygen atoms in total.